The average molecular weight is 287 g/mol. The third-order valence-corrected chi connectivity index (χ3v) is 4.77. The number of hydrogen-bond donors (Lipinski definition) is 2. The second kappa shape index (κ2) is 5.06. The van der Waals surface area contributed by atoms with Crippen molar-refractivity contribution in [1.82, 2.24) is 10.2 Å². The molecule has 1 aliphatic heterocycles. The van der Waals surface area contributed by atoms with E-state index in [0.29, 0.717) is 12.2 Å². The Morgan fingerprint density at radius 1 is 1.24 bits per heavy atom. The number of carbonyl (C=O) groups is 2. The Labute approximate surface area is 124 Å². The molecule has 3 rings (SSSR count). The van der Waals surface area contributed by atoms with Gasteiger partial charge in [0, 0.05) is 5.69 Å². The lowest BCUT2D eigenvalue weighted by atomic mass is 9.81. The fourth-order valence-corrected chi connectivity index (χ4v) is 3.36. The molecule has 2 aliphatic rings. The zero-order valence-corrected chi connectivity index (χ0v) is 12.3. The van der Waals surface area contributed by atoms with E-state index in [-0.39, 0.29) is 11.9 Å². The fraction of sp³-hybridized carbons (Fsp3) is 0.500. The predicted molar refractivity (Wildman–Crippen MR) is 80.5 cm³/mol. The highest BCUT2D eigenvalue weighted by molar-refractivity contribution is 6.07. The van der Waals surface area contributed by atoms with Gasteiger partial charge in [-0.1, -0.05) is 31.4 Å². The summed E-state index contributed by atoms with van der Waals surface area (Å²) in [6.07, 6.45) is 4.64. The van der Waals surface area contributed by atoms with Crippen molar-refractivity contribution in [2.24, 2.45) is 0 Å². The number of rotatable bonds is 2. The number of nitrogens with one attached hydrogen (secondary N) is 1. The fourth-order valence-electron chi connectivity index (χ4n) is 3.36. The minimum atomic E-state index is -0.649. The molecule has 1 aliphatic carbocycles. The van der Waals surface area contributed by atoms with Crippen molar-refractivity contribution in [3.8, 4) is 0 Å². The van der Waals surface area contributed by atoms with Gasteiger partial charge in [-0.2, -0.15) is 0 Å². The Morgan fingerprint density at radius 2 is 1.95 bits per heavy atom. The summed E-state index contributed by atoms with van der Waals surface area (Å²) in [5.41, 5.74) is 7.79. The van der Waals surface area contributed by atoms with Crippen molar-refractivity contribution in [2.45, 2.75) is 51.1 Å². The van der Waals surface area contributed by atoms with Crippen molar-refractivity contribution >= 4 is 17.6 Å². The number of nitrogen functional groups attached to an aromatic ring is 1. The Kier molecular flexibility index (Phi) is 3.35. The lowest BCUT2D eigenvalue weighted by Crippen LogP contribution is -2.48. The van der Waals surface area contributed by atoms with Crippen LogP contribution >= 0.6 is 0 Å². The van der Waals surface area contributed by atoms with Crippen molar-refractivity contribution in [3.05, 3.63) is 29.3 Å². The van der Waals surface area contributed by atoms with E-state index < -0.39 is 5.54 Å². The van der Waals surface area contributed by atoms with Crippen molar-refractivity contribution < 1.29 is 9.59 Å². The predicted octanol–water partition coefficient (Wildman–Crippen LogP) is 2.33. The average Bonchev–Trinajstić information content (AvgIpc) is 2.69. The maximum Gasteiger partial charge on any atom is 0.325 e. The monoisotopic (exact) mass is 287 g/mol. The van der Waals surface area contributed by atoms with Crippen LogP contribution in [0.1, 0.15) is 43.2 Å². The van der Waals surface area contributed by atoms with Crippen molar-refractivity contribution in [2.75, 3.05) is 5.73 Å². The molecule has 3 N–H and O–H groups in total. The first-order valence-corrected chi connectivity index (χ1v) is 7.52. The normalized spacial score (nSPS) is 20.9. The van der Waals surface area contributed by atoms with Crippen LogP contribution in [-0.2, 0) is 11.3 Å². The smallest absolute Gasteiger partial charge is 0.325 e. The van der Waals surface area contributed by atoms with Gasteiger partial charge in [-0.15, -0.1) is 0 Å². The molecule has 2 fully saturated rings. The molecule has 1 heterocycles. The minimum absolute atomic E-state index is 0.0750. The second-order valence-corrected chi connectivity index (χ2v) is 6.10. The van der Waals surface area contributed by atoms with E-state index in [0.717, 1.165) is 43.2 Å². The van der Waals surface area contributed by atoms with Gasteiger partial charge in [0.2, 0.25) is 0 Å². The van der Waals surface area contributed by atoms with Crippen LogP contribution in [0, 0.1) is 6.92 Å². The maximum absolute atomic E-state index is 12.7. The Morgan fingerprint density at radius 3 is 2.67 bits per heavy atom. The molecule has 3 amide bonds. The van der Waals surface area contributed by atoms with Gasteiger partial charge in [0.15, 0.2) is 0 Å². The quantitative estimate of drug-likeness (QED) is 0.647. The molecule has 0 radical (unpaired) electrons. The third kappa shape index (κ3) is 2.26. The number of carbonyl (C=O) groups excluding carboxylic acids is 2. The van der Waals surface area contributed by atoms with Crippen LogP contribution in [0.5, 0.6) is 0 Å². The molecule has 1 saturated heterocycles. The molecule has 5 heteroatoms. The molecule has 1 aromatic carbocycles. The van der Waals surface area contributed by atoms with Gasteiger partial charge >= 0.3 is 6.03 Å². The van der Waals surface area contributed by atoms with Crippen LogP contribution in [0.15, 0.2) is 18.2 Å². The zero-order chi connectivity index (χ0) is 15.0. The van der Waals surface area contributed by atoms with Crippen LogP contribution < -0.4 is 11.1 Å². The number of anilines is 1. The number of hydrogen-bond acceptors (Lipinski definition) is 3. The summed E-state index contributed by atoms with van der Waals surface area (Å²) in [5.74, 6) is -0.0750. The largest absolute Gasteiger partial charge is 0.399 e. The topological polar surface area (TPSA) is 75.4 Å². The summed E-state index contributed by atoms with van der Waals surface area (Å²) < 4.78 is 0. The highest BCUT2D eigenvalue weighted by Gasteiger charge is 2.51. The number of nitrogens with two attached hydrogens (primary N) is 1. The van der Waals surface area contributed by atoms with E-state index in [2.05, 4.69) is 5.32 Å². The van der Waals surface area contributed by atoms with E-state index >= 15 is 0 Å². The molecule has 0 aromatic heterocycles. The summed E-state index contributed by atoms with van der Waals surface area (Å²) in [6.45, 7) is 2.21. The summed E-state index contributed by atoms with van der Waals surface area (Å²) in [6, 6.07) is 5.32. The van der Waals surface area contributed by atoms with Gasteiger partial charge in [0.25, 0.3) is 5.91 Å². The molecule has 5 nitrogen and oxygen atoms in total. The van der Waals surface area contributed by atoms with Gasteiger partial charge in [-0.05, 0) is 37.0 Å². The summed E-state index contributed by atoms with van der Waals surface area (Å²) in [7, 11) is 0. The van der Waals surface area contributed by atoms with Gasteiger partial charge in [-0.3, -0.25) is 9.69 Å². The number of benzene rings is 1. The molecule has 1 aromatic rings. The van der Waals surface area contributed by atoms with Gasteiger partial charge in [-0.25, -0.2) is 4.79 Å². The zero-order valence-electron chi connectivity index (χ0n) is 12.3. The van der Waals surface area contributed by atoms with Gasteiger partial charge in [0.1, 0.15) is 5.54 Å². The molecular weight excluding hydrogens is 266 g/mol. The van der Waals surface area contributed by atoms with E-state index in [9.17, 15) is 9.59 Å². The number of urea groups is 1. The minimum Gasteiger partial charge on any atom is -0.399 e. The molecular formula is C16H21N3O2. The van der Waals surface area contributed by atoms with Crippen LogP contribution in [0.25, 0.3) is 0 Å². The van der Waals surface area contributed by atoms with E-state index in [1.165, 1.54) is 4.90 Å². The van der Waals surface area contributed by atoms with E-state index in [1.807, 2.05) is 25.1 Å². The molecule has 21 heavy (non-hydrogen) atoms. The van der Waals surface area contributed by atoms with E-state index in [4.69, 9.17) is 5.73 Å². The molecule has 0 unspecified atom stereocenters. The summed E-state index contributed by atoms with van der Waals surface area (Å²) in [5, 5.41) is 2.93. The first-order chi connectivity index (χ1) is 10.0. The lowest BCUT2D eigenvalue weighted by Gasteiger charge is -2.30. The van der Waals surface area contributed by atoms with Gasteiger partial charge in [0.05, 0.1) is 6.54 Å². The number of amides is 3. The molecule has 1 saturated carbocycles. The third-order valence-electron chi connectivity index (χ3n) is 4.77. The van der Waals surface area contributed by atoms with Crippen molar-refractivity contribution in [3.63, 3.8) is 0 Å². The summed E-state index contributed by atoms with van der Waals surface area (Å²) in [4.78, 5) is 26.3. The highest BCUT2D eigenvalue weighted by Crippen LogP contribution is 2.34. The number of imide groups is 1. The van der Waals surface area contributed by atoms with Gasteiger partial charge < -0.3 is 11.1 Å². The van der Waals surface area contributed by atoms with Crippen molar-refractivity contribution in [1.29, 1.82) is 0 Å². The Bertz CT molecular complexity index is 591. The highest BCUT2D eigenvalue weighted by atomic mass is 16.2. The molecule has 0 bridgehead atoms. The second-order valence-electron chi connectivity index (χ2n) is 6.10. The molecule has 0 atom stereocenters. The van der Waals surface area contributed by atoms with Crippen LogP contribution in [0.2, 0.25) is 0 Å². The first kappa shape index (κ1) is 13.9. The SMILES string of the molecule is Cc1c(N)cccc1CN1C(=O)NC2(CCCCC2)C1=O. The van der Waals surface area contributed by atoms with E-state index in [1.54, 1.807) is 0 Å². The Balaban J connectivity index is 1.84. The number of nitrogens with zero attached hydrogens (tertiary/aromatic N) is 1. The summed E-state index contributed by atoms with van der Waals surface area (Å²) >= 11 is 0. The molecule has 1 spiro atoms. The first-order valence-electron chi connectivity index (χ1n) is 7.52. The Hall–Kier alpha value is -2.04. The molecule has 112 valence electrons. The standard InChI is InChI=1S/C16H21N3O2/c1-11-12(6-5-7-13(11)17)10-19-14(20)16(18-15(19)21)8-3-2-4-9-16/h5-7H,2-4,8-10,17H2,1H3,(H,18,21). The van der Waals surface area contributed by atoms with Crippen LogP contribution in [-0.4, -0.2) is 22.4 Å². The maximum atomic E-state index is 12.7. The van der Waals surface area contributed by atoms with Crippen LogP contribution in [0.4, 0.5) is 10.5 Å². The lowest BCUT2D eigenvalue weighted by molar-refractivity contribution is -0.132. The van der Waals surface area contributed by atoms with Crippen LogP contribution in [0.3, 0.4) is 0 Å².